The van der Waals surface area contributed by atoms with Crippen molar-refractivity contribution in [1.82, 2.24) is 14.1 Å². The van der Waals surface area contributed by atoms with Gasteiger partial charge in [-0.05, 0) is 83.8 Å². The van der Waals surface area contributed by atoms with Crippen molar-refractivity contribution in [1.29, 1.82) is 0 Å². The van der Waals surface area contributed by atoms with E-state index in [2.05, 4.69) is 72.7 Å². The van der Waals surface area contributed by atoms with Crippen molar-refractivity contribution in [3.05, 3.63) is 86.8 Å². The van der Waals surface area contributed by atoms with Crippen LogP contribution in [0.25, 0.3) is 0 Å². The number of rotatable bonds is 11. The van der Waals surface area contributed by atoms with E-state index in [-0.39, 0.29) is 40.1 Å². The van der Waals surface area contributed by atoms with Crippen LogP contribution < -0.4 is 11.2 Å². The summed E-state index contributed by atoms with van der Waals surface area (Å²) in [4.78, 5) is 32.6. The van der Waals surface area contributed by atoms with Crippen molar-refractivity contribution in [2.45, 2.75) is 126 Å². The van der Waals surface area contributed by atoms with Crippen LogP contribution in [0.1, 0.15) is 65.3 Å². The molecule has 0 spiro atoms. The molecule has 12 heteroatoms. The van der Waals surface area contributed by atoms with E-state index >= 15 is 0 Å². The zero-order chi connectivity index (χ0) is 34.1. The number of nitrogens with zero attached hydrogens (tertiary/aromatic N) is 3. The quantitative estimate of drug-likeness (QED) is 0.146. The highest BCUT2D eigenvalue weighted by Gasteiger charge is 2.47. The molecule has 3 heterocycles. The third kappa shape index (κ3) is 8.74. The number of benzene rings is 1. The molecule has 1 aliphatic heterocycles. The van der Waals surface area contributed by atoms with Gasteiger partial charge in [-0.3, -0.25) is 13.9 Å². The van der Waals surface area contributed by atoms with Gasteiger partial charge in [0.05, 0.1) is 19.3 Å². The standard InChI is InChI=1S/C34H51N3O5S2Si2/c1-24-21-36(30-20-27(42-46(10,11)34(5,6)7)28(41-30)23-40-45(8,9)33(2,3)4)32(39)37(31(24)38)22-25-15-17-26(18-16-25)43-44-29-14-12-13-19-35-29/h12-19,21,27-28,30H,20,22-23H2,1-11H3/t27?,28-,30-/m1/s1. The lowest BCUT2D eigenvalue weighted by molar-refractivity contribution is -0.0417. The molecule has 0 saturated carbocycles. The maximum Gasteiger partial charge on any atom is 0.333 e. The van der Waals surface area contributed by atoms with Crippen LogP contribution in [0.2, 0.25) is 36.3 Å². The van der Waals surface area contributed by atoms with E-state index < -0.39 is 22.9 Å². The van der Waals surface area contributed by atoms with Crippen LogP contribution in [-0.4, -0.2) is 49.6 Å². The largest absolute Gasteiger partial charge is 0.414 e. The van der Waals surface area contributed by atoms with Gasteiger partial charge in [-0.15, -0.1) is 0 Å². The number of hydrogen-bond acceptors (Lipinski definition) is 8. The fourth-order valence-electron chi connectivity index (χ4n) is 4.63. The summed E-state index contributed by atoms with van der Waals surface area (Å²) >= 11 is 0. The predicted octanol–water partition coefficient (Wildman–Crippen LogP) is 8.26. The molecular weight excluding hydrogens is 651 g/mol. The van der Waals surface area contributed by atoms with E-state index in [4.69, 9.17) is 13.6 Å². The second-order valence-electron chi connectivity index (χ2n) is 15.2. The first-order valence-corrected chi connectivity index (χ1v) is 23.9. The molecule has 8 nitrogen and oxygen atoms in total. The van der Waals surface area contributed by atoms with Gasteiger partial charge in [-0.1, -0.05) is 70.5 Å². The minimum Gasteiger partial charge on any atom is -0.414 e. The van der Waals surface area contributed by atoms with E-state index in [1.54, 1.807) is 45.5 Å². The second kappa shape index (κ2) is 14.3. The monoisotopic (exact) mass is 701 g/mol. The summed E-state index contributed by atoms with van der Waals surface area (Å²) in [5.41, 5.74) is 0.678. The molecule has 3 aromatic rings. The summed E-state index contributed by atoms with van der Waals surface area (Å²) in [5, 5.41) is 1.00. The first-order chi connectivity index (χ1) is 21.3. The Kier molecular flexibility index (Phi) is 11.4. The molecule has 0 amide bonds. The highest BCUT2D eigenvalue weighted by Crippen LogP contribution is 2.42. The molecule has 1 aliphatic rings. The van der Waals surface area contributed by atoms with Crippen LogP contribution >= 0.6 is 21.6 Å². The van der Waals surface area contributed by atoms with Crippen molar-refractivity contribution in [3.63, 3.8) is 0 Å². The molecule has 3 atom stereocenters. The van der Waals surface area contributed by atoms with Gasteiger partial charge in [-0.25, -0.2) is 9.78 Å². The Balaban J connectivity index is 1.57. The topological polar surface area (TPSA) is 84.6 Å². The third-order valence-electron chi connectivity index (χ3n) is 9.65. The maximum atomic E-state index is 13.9. The number of ether oxygens (including phenoxy) is 1. The summed E-state index contributed by atoms with van der Waals surface area (Å²) in [6.07, 6.45) is 2.81. The normalized spacial score (nSPS) is 19.5. The summed E-state index contributed by atoms with van der Waals surface area (Å²) in [6, 6.07) is 13.8. The van der Waals surface area contributed by atoms with Crippen molar-refractivity contribution < 1.29 is 13.6 Å². The van der Waals surface area contributed by atoms with Crippen LogP contribution in [0.15, 0.2) is 74.4 Å². The molecule has 0 radical (unpaired) electrons. The molecule has 252 valence electrons. The fourth-order valence-corrected chi connectivity index (χ4v) is 8.84. The van der Waals surface area contributed by atoms with Gasteiger partial charge in [0.25, 0.3) is 5.56 Å². The molecule has 1 aromatic carbocycles. The Labute approximate surface area is 284 Å². The van der Waals surface area contributed by atoms with Crippen LogP contribution in [0.5, 0.6) is 0 Å². The molecule has 0 aliphatic carbocycles. The molecule has 1 unspecified atom stereocenters. The van der Waals surface area contributed by atoms with Crippen LogP contribution in [0.3, 0.4) is 0 Å². The highest BCUT2D eigenvalue weighted by molar-refractivity contribution is 8.76. The zero-order valence-corrected chi connectivity index (χ0v) is 32.9. The zero-order valence-electron chi connectivity index (χ0n) is 29.2. The van der Waals surface area contributed by atoms with Gasteiger partial charge in [-0.2, -0.15) is 0 Å². The highest BCUT2D eigenvalue weighted by atomic mass is 33.1. The SMILES string of the molecule is Cc1cn([C@H]2CC(O[Si](C)(C)C(C)(C)C)[C@@H](CO[Si](C)(C)C(C)(C)C)O2)c(=O)n(Cc2ccc(SSc3ccccn3)cc2)c1=O. The van der Waals surface area contributed by atoms with Crippen LogP contribution in [0, 0.1) is 6.92 Å². The Morgan fingerprint density at radius 3 is 2.17 bits per heavy atom. The van der Waals surface area contributed by atoms with Gasteiger partial charge in [0.2, 0.25) is 0 Å². The number of aryl methyl sites for hydroxylation is 1. The third-order valence-corrected chi connectivity index (χ3v) is 21.0. The number of hydrogen-bond donors (Lipinski definition) is 0. The Bertz CT molecular complexity index is 1600. The molecule has 0 bridgehead atoms. The molecule has 46 heavy (non-hydrogen) atoms. The van der Waals surface area contributed by atoms with Crippen LogP contribution in [0.4, 0.5) is 0 Å². The summed E-state index contributed by atoms with van der Waals surface area (Å²) in [6.45, 7) is 24.6. The Morgan fingerprint density at radius 1 is 0.935 bits per heavy atom. The maximum absolute atomic E-state index is 13.9. The van der Waals surface area contributed by atoms with Gasteiger partial charge < -0.3 is 13.6 Å². The molecular formula is C34H51N3O5S2Si2. The average Bonchev–Trinajstić information content (AvgIpc) is 3.36. The van der Waals surface area contributed by atoms with Crippen molar-refractivity contribution >= 4 is 38.2 Å². The number of pyridine rings is 1. The predicted molar refractivity (Wildman–Crippen MR) is 195 cm³/mol. The minimum absolute atomic E-state index is 0.0156. The second-order valence-corrected chi connectivity index (χ2v) is 27.0. The number of aromatic nitrogens is 3. The molecule has 1 saturated heterocycles. The minimum atomic E-state index is -2.15. The molecule has 4 rings (SSSR count). The molecule has 1 fully saturated rings. The fraction of sp³-hybridized carbons (Fsp3) is 0.559. The van der Waals surface area contributed by atoms with Gasteiger partial charge in [0.15, 0.2) is 16.6 Å². The average molecular weight is 702 g/mol. The first-order valence-electron chi connectivity index (χ1n) is 15.9. The molecule has 2 aromatic heterocycles. The van der Waals surface area contributed by atoms with Gasteiger partial charge >= 0.3 is 5.69 Å². The first kappa shape index (κ1) is 36.9. The van der Waals surface area contributed by atoms with Crippen molar-refractivity contribution in [2.24, 2.45) is 0 Å². The lowest BCUT2D eigenvalue weighted by Gasteiger charge is -2.40. The van der Waals surface area contributed by atoms with E-state index in [0.717, 1.165) is 15.5 Å². The Morgan fingerprint density at radius 2 is 1.59 bits per heavy atom. The van der Waals surface area contributed by atoms with E-state index in [1.807, 2.05) is 42.5 Å². The lowest BCUT2D eigenvalue weighted by atomic mass is 10.2. The van der Waals surface area contributed by atoms with E-state index in [9.17, 15) is 9.59 Å². The van der Waals surface area contributed by atoms with E-state index in [1.165, 1.54) is 4.57 Å². The Hall–Kier alpha value is -1.94. The summed E-state index contributed by atoms with van der Waals surface area (Å²) in [5.74, 6) is 0. The van der Waals surface area contributed by atoms with Crippen molar-refractivity contribution in [3.8, 4) is 0 Å². The van der Waals surface area contributed by atoms with E-state index in [0.29, 0.717) is 18.6 Å². The lowest BCUT2D eigenvalue weighted by Crippen LogP contribution is -2.48. The smallest absolute Gasteiger partial charge is 0.333 e. The van der Waals surface area contributed by atoms with Gasteiger partial charge in [0, 0.05) is 29.3 Å². The summed E-state index contributed by atoms with van der Waals surface area (Å²) in [7, 11) is -1.00. The molecule has 0 N–H and O–H groups in total. The van der Waals surface area contributed by atoms with Crippen LogP contribution in [-0.2, 0) is 20.1 Å². The summed E-state index contributed by atoms with van der Waals surface area (Å²) < 4.78 is 23.0. The van der Waals surface area contributed by atoms with Gasteiger partial charge in [0.1, 0.15) is 17.4 Å². The van der Waals surface area contributed by atoms with Crippen molar-refractivity contribution in [2.75, 3.05) is 6.61 Å².